The SMILES string of the molecule is CS/C(=N/C(=Nc1ccccc1)N1CCOCC1)C(C)C. The summed E-state index contributed by atoms with van der Waals surface area (Å²) in [7, 11) is 0. The quantitative estimate of drug-likeness (QED) is 0.620. The number of benzene rings is 1. The van der Waals surface area contributed by atoms with Crippen molar-refractivity contribution in [1.82, 2.24) is 4.90 Å². The molecule has 1 aliphatic heterocycles. The Balaban J connectivity index is 2.31. The van der Waals surface area contributed by atoms with Gasteiger partial charge in [0.2, 0.25) is 5.96 Å². The van der Waals surface area contributed by atoms with Crippen molar-refractivity contribution in [2.45, 2.75) is 13.8 Å². The Labute approximate surface area is 131 Å². The van der Waals surface area contributed by atoms with Gasteiger partial charge in [-0.15, -0.1) is 11.8 Å². The Morgan fingerprint density at radius 3 is 2.43 bits per heavy atom. The maximum atomic E-state index is 5.43. The fraction of sp³-hybridized carbons (Fsp3) is 0.500. The van der Waals surface area contributed by atoms with E-state index in [1.54, 1.807) is 11.8 Å². The van der Waals surface area contributed by atoms with Crippen molar-refractivity contribution in [2.24, 2.45) is 15.9 Å². The molecule has 1 saturated heterocycles. The summed E-state index contributed by atoms with van der Waals surface area (Å²) in [5, 5.41) is 1.11. The van der Waals surface area contributed by atoms with Crippen LogP contribution in [0, 0.1) is 5.92 Å². The normalized spacial score (nSPS) is 17.4. The number of ether oxygens (including phenoxy) is 1. The minimum atomic E-state index is 0.405. The van der Waals surface area contributed by atoms with E-state index < -0.39 is 0 Å². The number of thioether (sulfide) groups is 1. The van der Waals surface area contributed by atoms with E-state index in [-0.39, 0.29) is 0 Å². The monoisotopic (exact) mass is 305 g/mol. The Kier molecular flexibility index (Phi) is 6.26. The average molecular weight is 305 g/mol. The molecule has 5 heteroatoms. The molecule has 0 atom stereocenters. The summed E-state index contributed by atoms with van der Waals surface area (Å²) >= 11 is 1.69. The van der Waals surface area contributed by atoms with Crippen LogP contribution in [0.15, 0.2) is 40.3 Å². The second-order valence-electron chi connectivity index (χ2n) is 5.16. The number of rotatable bonds is 2. The highest BCUT2D eigenvalue weighted by Crippen LogP contribution is 2.16. The maximum absolute atomic E-state index is 5.43. The van der Waals surface area contributed by atoms with Gasteiger partial charge >= 0.3 is 0 Å². The van der Waals surface area contributed by atoms with Gasteiger partial charge < -0.3 is 9.64 Å². The lowest BCUT2D eigenvalue weighted by Crippen LogP contribution is -2.40. The van der Waals surface area contributed by atoms with Gasteiger partial charge in [-0.25, -0.2) is 9.98 Å². The van der Waals surface area contributed by atoms with E-state index in [2.05, 4.69) is 25.0 Å². The lowest BCUT2D eigenvalue weighted by molar-refractivity contribution is 0.0676. The summed E-state index contributed by atoms with van der Waals surface area (Å²) in [5.41, 5.74) is 0.937. The molecule has 1 fully saturated rings. The predicted molar refractivity (Wildman–Crippen MR) is 91.7 cm³/mol. The third-order valence-electron chi connectivity index (χ3n) is 3.19. The van der Waals surface area contributed by atoms with E-state index in [9.17, 15) is 0 Å². The van der Waals surface area contributed by atoms with Crippen LogP contribution in [-0.4, -0.2) is 48.5 Å². The van der Waals surface area contributed by atoms with Gasteiger partial charge in [-0.1, -0.05) is 32.0 Å². The molecule has 0 bridgehead atoms. The molecule has 1 aromatic carbocycles. The molecule has 0 N–H and O–H groups in total. The van der Waals surface area contributed by atoms with Crippen molar-refractivity contribution in [3.8, 4) is 0 Å². The maximum Gasteiger partial charge on any atom is 0.226 e. The molecule has 0 saturated carbocycles. The van der Waals surface area contributed by atoms with Crippen LogP contribution in [0.3, 0.4) is 0 Å². The van der Waals surface area contributed by atoms with Crippen molar-refractivity contribution in [1.29, 1.82) is 0 Å². The standard InChI is InChI=1S/C16H23N3OS/c1-13(2)15(21-3)18-16(19-9-11-20-12-10-19)17-14-7-5-4-6-8-14/h4-8,13H,9-12H2,1-3H3/b17-16?,18-15+. The highest BCUT2D eigenvalue weighted by atomic mass is 32.2. The first-order valence-electron chi connectivity index (χ1n) is 7.29. The average Bonchev–Trinajstić information content (AvgIpc) is 2.53. The van der Waals surface area contributed by atoms with Gasteiger partial charge in [0.1, 0.15) is 0 Å². The summed E-state index contributed by atoms with van der Waals surface area (Å²) in [4.78, 5) is 11.8. The van der Waals surface area contributed by atoms with Gasteiger partial charge in [-0.3, -0.25) is 0 Å². The zero-order valence-electron chi connectivity index (χ0n) is 13.0. The van der Waals surface area contributed by atoms with E-state index in [1.165, 1.54) is 0 Å². The number of para-hydroxylation sites is 1. The van der Waals surface area contributed by atoms with E-state index in [1.807, 2.05) is 30.3 Å². The molecule has 1 aromatic rings. The number of hydrogen-bond donors (Lipinski definition) is 0. The summed E-state index contributed by atoms with van der Waals surface area (Å²) < 4.78 is 5.43. The number of guanidine groups is 1. The highest BCUT2D eigenvalue weighted by molar-refractivity contribution is 8.13. The molecule has 114 valence electrons. The van der Waals surface area contributed by atoms with Crippen LogP contribution >= 0.6 is 11.8 Å². The molecule has 0 radical (unpaired) electrons. The summed E-state index contributed by atoms with van der Waals surface area (Å²) in [6, 6.07) is 10.0. The Morgan fingerprint density at radius 2 is 1.86 bits per heavy atom. The minimum Gasteiger partial charge on any atom is -0.378 e. The molecule has 0 spiro atoms. The molecular weight excluding hydrogens is 282 g/mol. The Hall–Kier alpha value is -1.33. The number of aliphatic imine (C=N–C) groups is 2. The Morgan fingerprint density at radius 1 is 1.19 bits per heavy atom. The molecular formula is C16H23N3OS. The molecule has 0 aliphatic carbocycles. The first-order valence-corrected chi connectivity index (χ1v) is 8.52. The molecule has 21 heavy (non-hydrogen) atoms. The number of hydrogen-bond acceptors (Lipinski definition) is 3. The van der Waals surface area contributed by atoms with Gasteiger partial charge in [0.15, 0.2) is 0 Å². The lowest BCUT2D eigenvalue weighted by atomic mass is 10.2. The molecule has 1 heterocycles. The second-order valence-corrected chi connectivity index (χ2v) is 5.98. The van der Waals surface area contributed by atoms with Crippen LogP contribution in [0.25, 0.3) is 0 Å². The minimum absolute atomic E-state index is 0.405. The third kappa shape index (κ3) is 4.86. The van der Waals surface area contributed by atoms with E-state index in [0.29, 0.717) is 5.92 Å². The van der Waals surface area contributed by atoms with Crippen molar-refractivity contribution < 1.29 is 4.74 Å². The second kappa shape index (κ2) is 8.20. The van der Waals surface area contributed by atoms with Gasteiger partial charge in [0.25, 0.3) is 0 Å². The van der Waals surface area contributed by atoms with Crippen molar-refractivity contribution >= 4 is 28.5 Å². The number of nitrogens with zero attached hydrogens (tertiary/aromatic N) is 3. The van der Waals surface area contributed by atoms with Crippen molar-refractivity contribution in [3.05, 3.63) is 30.3 Å². The largest absolute Gasteiger partial charge is 0.378 e. The molecule has 1 aliphatic rings. The van der Waals surface area contributed by atoms with Crippen LogP contribution in [-0.2, 0) is 4.74 Å². The van der Waals surface area contributed by atoms with Crippen molar-refractivity contribution in [2.75, 3.05) is 32.6 Å². The first-order chi connectivity index (χ1) is 10.2. The first kappa shape index (κ1) is 16.0. The lowest BCUT2D eigenvalue weighted by Gasteiger charge is -2.28. The molecule has 2 rings (SSSR count). The zero-order chi connectivity index (χ0) is 15.1. The topological polar surface area (TPSA) is 37.2 Å². The number of morpholine rings is 1. The van der Waals surface area contributed by atoms with E-state index in [0.717, 1.165) is 43.0 Å². The fourth-order valence-corrected chi connectivity index (χ4v) is 2.70. The van der Waals surface area contributed by atoms with Crippen molar-refractivity contribution in [3.63, 3.8) is 0 Å². The van der Waals surface area contributed by atoms with Gasteiger partial charge in [0, 0.05) is 19.0 Å². The molecule has 0 amide bonds. The van der Waals surface area contributed by atoms with Gasteiger partial charge in [0.05, 0.1) is 23.9 Å². The molecule has 0 aromatic heterocycles. The molecule has 4 nitrogen and oxygen atoms in total. The van der Waals surface area contributed by atoms with E-state index >= 15 is 0 Å². The predicted octanol–water partition coefficient (Wildman–Crippen LogP) is 3.42. The molecule has 0 unspecified atom stereocenters. The van der Waals surface area contributed by atoms with Gasteiger partial charge in [-0.05, 0) is 18.4 Å². The van der Waals surface area contributed by atoms with Gasteiger partial charge in [-0.2, -0.15) is 0 Å². The van der Waals surface area contributed by atoms with Crippen LogP contribution in [0.1, 0.15) is 13.8 Å². The summed E-state index contributed by atoms with van der Waals surface area (Å²) in [6.45, 7) is 7.48. The smallest absolute Gasteiger partial charge is 0.226 e. The van der Waals surface area contributed by atoms with Crippen LogP contribution in [0.5, 0.6) is 0 Å². The fourth-order valence-electron chi connectivity index (χ4n) is 2.06. The summed E-state index contributed by atoms with van der Waals surface area (Å²) in [6.07, 6.45) is 2.07. The van der Waals surface area contributed by atoms with Crippen LogP contribution in [0.4, 0.5) is 5.69 Å². The summed E-state index contributed by atoms with van der Waals surface area (Å²) in [5.74, 6) is 1.20. The zero-order valence-corrected chi connectivity index (χ0v) is 13.8. The Bertz CT molecular complexity index is 494. The van der Waals surface area contributed by atoms with Crippen LogP contribution < -0.4 is 0 Å². The third-order valence-corrected chi connectivity index (χ3v) is 4.17. The highest BCUT2D eigenvalue weighted by Gasteiger charge is 2.16. The van der Waals surface area contributed by atoms with Crippen LogP contribution in [0.2, 0.25) is 0 Å². The van der Waals surface area contributed by atoms with E-state index in [4.69, 9.17) is 14.7 Å².